The molecule has 4 aromatic rings. The number of carbonyl (C=O) groups excluding carboxylic acids is 1. The molecule has 2 aromatic carbocycles. The molecule has 1 N–H and O–H groups in total. The first-order chi connectivity index (χ1) is 17.2. The molecule has 1 aliphatic carbocycles. The number of hydrogen-bond acceptors (Lipinski definition) is 2. The summed E-state index contributed by atoms with van der Waals surface area (Å²) in [7, 11) is 0. The molecule has 0 radical (unpaired) electrons. The number of rotatable bonds is 4. The molecule has 4 nitrogen and oxygen atoms in total. The number of hydrogen-bond donors (Lipinski definition) is 1. The van der Waals surface area contributed by atoms with Crippen molar-refractivity contribution in [3.63, 3.8) is 0 Å². The number of benzene rings is 2. The predicted octanol–water partition coefficient (Wildman–Crippen LogP) is 6.79. The molecule has 1 unspecified atom stereocenters. The summed E-state index contributed by atoms with van der Waals surface area (Å²) in [5.74, 6) is 0. The quantitative estimate of drug-likeness (QED) is 0.342. The molecule has 178 valence electrons. The van der Waals surface area contributed by atoms with Crippen LogP contribution in [-0.2, 0) is 32.4 Å². The van der Waals surface area contributed by atoms with Gasteiger partial charge in [0.2, 0.25) is 0 Å². The molecular weight excluding hydrogens is 450 g/mol. The Morgan fingerprint density at radius 2 is 1.74 bits per heavy atom. The second kappa shape index (κ2) is 9.38. The summed E-state index contributed by atoms with van der Waals surface area (Å²) < 4.78 is 2.35. The zero-order valence-electron chi connectivity index (χ0n) is 20.2. The van der Waals surface area contributed by atoms with Crippen molar-refractivity contribution in [2.45, 2.75) is 58.2 Å². The van der Waals surface area contributed by atoms with E-state index in [9.17, 15) is 4.79 Å². The molecule has 2 amide bonds. The number of carbonyl (C=O) groups is 1. The first-order valence-electron chi connectivity index (χ1n) is 12.7. The predicted molar refractivity (Wildman–Crippen MR) is 142 cm³/mol. The Morgan fingerprint density at radius 3 is 2.54 bits per heavy atom. The monoisotopic (exact) mass is 481 g/mol. The number of aryl methyl sites for hydroxylation is 2. The fraction of sp³-hybridized carbons (Fsp3) is 0.300. The lowest BCUT2D eigenvalue weighted by molar-refractivity contribution is 0.180. The normalized spacial score (nSPS) is 16.7. The summed E-state index contributed by atoms with van der Waals surface area (Å²) in [5.41, 5.74) is 7.55. The highest BCUT2D eigenvalue weighted by Gasteiger charge is 2.35. The van der Waals surface area contributed by atoms with E-state index >= 15 is 0 Å². The summed E-state index contributed by atoms with van der Waals surface area (Å²) in [6, 6.07) is 23.1. The SMILES string of the molecule is CCc1ccc(C2c3cccn3-c3sc4c(c3CN2C(=O)NCc2ccccc2)CCCC4)cc1. The molecule has 1 atom stereocenters. The van der Waals surface area contributed by atoms with Crippen molar-refractivity contribution >= 4 is 17.4 Å². The Bertz CT molecular complexity index is 1340. The average Bonchev–Trinajstić information content (AvgIpc) is 3.50. The lowest BCUT2D eigenvalue weighted by atomic mass is 9.95. The van der Waals surface area contributed by atoms with E-state index in [-0.39, 0.29) is 12.1 Å². The second-order valence-electron chi connectivity index (χ2n) is 9.57. The summed E-state index contributed by atoms with van der Waals surface area (Å²) in [6.07, 6.45) is 7.95. The second-order valence-corrected chi connectivity index (χ2v) is 10.7. The lowest BCUT2D eigenvalue weighted by Crippen LogP contribution is -2.41. The van der Waals surface area contributed by atoms with Crippen LogP contribution >= 0.6 is 11.3 Å². The minimum absolute atomic E-state index is 0.0187. The van der Waals surface area contributed by atoms with Gasteiger partial charge in [-0.05, 0) is 66.5 Å². The molecule has 0 saturated heterocycles. The Hall–Kier alpha value is -3.31. The highest BCUT2D eigenvalue weighted by atomic mass is 32.1. The molecular formula is C30H31N3OS. The molecule has 0 spiro atoms. The van der Waals surface area contributed by atoms with E-state index in [2.05, 4.69) is 76.4 Å². The summed E-state index contributed by atoms with van der Waals surface area (Å²) in [6.45, 7) is 3.33. The Morgan fingerprint density at radius 1 is 0.943 bits per heavy atom. The number of amides is 2. The number of thiophene rings is 1. The van der Waals surface area contributed by atoms with Crippen LogP contribution in [0.15, 0.2) is 72.9 Å². The Labute approximate surface area is 211 Å². The van der Waals surface area contributed by atoms with Gasteiger partial charge in [0.25, 0.3) is 0 Å². The number of nitrogens with one attached hydrogen (secondary N) is 1. The lowest BCUT2D eigenvalue weighted by Gasteiger charge is -2.31. The van der Waals surface area contributed by atoms with Crippen LogP contribution in [0.2, 0.25) is 0 Å². The van der Waals surface area contributed by atoms with Gasteiger partial charge in [0, 0.05) is 23.2 Å². The third kappa shape index (κ3) is 4.08. The van der Waals surface area contributed by atoms with Crippen LogP contribution in [0.4, 0.5) is 4.79 Å². The van der Waals surface area contributed by atoms with Gasteiger partial charge in [-0.3, -0.25) is 0 Å². The van der Waals surface area contributed by atoms with E-state index in [1.165, 1.54) is 39.4 Å². The van der Waals surface area contributed by atoms with Crippen LogP contribution in [0, 0.1) is 0 Å². The molecule has 2 aromatic heterocycles. The zero-order chi connectivity index (χ0) is 23.8. The van der Waals surface area contributed by atoms with Crippen LogP contribution in [0.3, 0.4) is 0 Å². The molecule has 35 heavy (non-hydrogen) atoms. The molecule has 5 heteroatoms. The van der Waals surface area contributed by atoms with E-state index in [0.717, 1.165) is 36.1 Å². The van der Waals surface area contributed by atoms with Gasteiger partial charge >= 0.3 is 6.03 Å². The van der Waals surface area contributed by atoms with Gasteiger partial charge in [0.05, 0.1) is 18.3 Å². The van der Waals surface area contributed by atoms with Crippen LogP contribution < -0.4 is 5.32 Å². The van der Waals surface area contributed by atoms with Crippen LogP contribution in [0.5, 0.6) is 0 Å². The molecule has 6 rings (SSSR count). The van der Waals surface area contributed by atoms with Gasteiger partial charge in [-0.15, -0.1) is 11.3 Å². The summed E-state index contributed by atoms with van der Waals surface area (Å²) in [5, 5.41) is 4.52. The molecule has 1 aliphatic heterocycles. The van der Waals surface area contributed by atoms with Crippen LogP contribution in [0.1, 0.15) is 64.2 Å². The maximum absolute atomic E-state index is 13.9. The van der Waals surface area contributed by atoms with E-state index in [1.54, 1.807) is 0 Å². The number of fused-ring (bicyclic) bond motifs is 5. The Kier molecular flexibility index (Phi) is 5.95. The van der Waals surface area contributed by atoms with Crippen molar-refractivity contribution in [3.8, 4) is 5.00 Å². The van der Waals surface area contributed by atoms with E-state index < -0.39 is 0 Å². The van der Waals surface area contributed by atoms with E-state index in [4.69, 9.17) is 0 Å². The van der Waals surface area contributed by atoms with Gasteiger partial charge in [-0.25, -0.2) is 4.79 Å². The third-order valence-corrected chi connectivity index (χ3v) is 8.76. The van der Waals surface area contributed by atoms with Crippen molar-refractivity contribution in [3.05, 3.63) is 111 Å². The summed E-state index contributed by atoms with van der Waals surface area (Å²) >= 11 is 1.93. The van der Waals surface area contributed by atoms with Crippen LogP contribution in [0.25, 0.3) is 5.00 Å². The smallest absolute Gasteiger partial charge is 0.318 e. The van der Waals surface area contributed by atoms with Gasteiger partial charge in [0.1, 0.15) is 5.00 Å². The van der Waals surface area contributed by atoms with E-state index in [1.807, 2.05) is 29.5 Å². The average molecular weight is 482 g/mol. The van der Waals surface area contributed by atoms with Crippen molar-refractivity contribution in [1.82, 2.24) is 14.8 Å². The van der Waals surface area contributed by atoms with Gasteiger partial charge in [-0.2, -0.15) is 0 Å². The zero-order valence-corrected chi connectivity index (χ0v) is 21.0. The van der Waals surface area contributed by atoms with Gasteiger partial charge in [-0.1, -0.05) is 61.5 Å². The maximum Gasteiger partial charge on any atom is 0.318 e. The van der Waals surface area contributed by atoms with Crippen molar-refractivity contribution in [1.29, 1.82) is 0 Å². The van der Waals surface area contributed by atoms with Gasteiger partial charge in [0.15, 0.2) is 0 Å². The third-order valence-electron chi connectivity index (χ3n) is 7.43. The fourth-order valence-corrected chi connectivity index (χ4v) is 6.95. The number of nitrogens with zero attached hydrogens (tertiary/aromatic N) is 2. The highest BCUT2D eigenvalue weighted by Crippen LogP contribution is 2.44. The highest BCUT2D eigenvalue weighted by molar-refractivity contribution is 7.15. The maximum atomic E-state index is 13.9. The molecule has 0 fully saturated rings. The molecule has 0 saturated carbocycles. The van der Waals surface area contributed by atoms with Crippen molar-refractivity contribution in [2.75, 3.05) is 0 Å². The standard InChI is InChI=1S/C30H31N3OS/c1-2-21-14-16-23(17-15-21)28-26-12-8-18-32(26)29-25(24-11-6-7-13-27(24)35-29)20-33(28)30(34)31-19-22-9-4-3-5-10-22/h3-5,8-10,12,14-18,28H,2,6-7,11,13,19-20H2,1H3,(H,31,34). The van der Waals surface area contributed by atoms with Crippen molar-refractivity contribution in [2.24, 2.45) is 0 Å². The minimum atomic E-state index is -0.148. The fourth-order valence-electron chi connectivity index (χ4n) is 5.55. The first kappa shape index (κ1) is 22.2. The Balaban J connectivity index is 1.44. The summed E-state index contributed by atoms with van der Waals surface area (Å²) in [4.78, 5) is 17.4. The van der Waals surface area contributed by atoms with Gasteiger partial charge < -0.3 is 14.8 Å². The molecule has 0 bridgehead atoms. The first-order valence-corrected chi connectivity index (χ1v) is 13.5. The largest absolute Gasteiger partial charge is 0.334 e. The molecule has 2 aliphatic rings. The van der Waals surface area contributed by atoms with E-state index in [0.29, 0.717) is 13.1 Å². The van der Waals surface area contributed by atoms with Crippen LogP contribution in [-0.4, -0.2) is 15.5 Å². The van der Waals surface area contributed by atoms with Crippen molar-refractivity contribution < 1.29 is 4.79 Å². The molecule has 3 heterocycles. The minimum Gasteiger partial charge on any atom is -0.334 e. The topological polar surface area (TPSA) is 37.3 Å². The number of aromatic nitrogens is 1. The number of urea groups is 1.